The maximum Gasteiger partial charge on any atom is 0.249 e. The molecule has 4 N–H and O–H groups in total. The molecule has 0 fully saturated rings. The average Bonchev–Trinajstić information content (AvgIpc) is 2.56. The molecular weight excluding hydrogens is 317 g/mol. The Hall–Kier alpha value is -2.61. The number of nitrogens with one attached hydrogen (secondary N) is 3. The molecule has 8 heteroatoms. The van der Waals surface area contributed by atoms with E-state index in [1.54, 1.807) is 0 Å². The number of aliphatic hydroxyl groups excluding tert-OH is 1. The van der Waals surface area contributed by atoms with Gasteiger partial charge in [0.2, 0.25) is 11.8 Å². The zero-order chi connectivity index (χ0) is 18.1. The van der Waals surface area contributed by atoms with Crippen LogP contribution in [0.15, 0.2) is 24.3 Å². The minimum absolute atomic E-state index is 0.00191. The summed E-state index contributed by atoms with van der Waals surface area (Å²) in [4.78, 5) is 35.0. The number of ketones is 1. The summed E-state index contributed by atoms with van der Waals surface area (Å²) in [6, 6.07) is 4.53. The van der Waals surface area contributed by atoms with Crippen molar-refractivity contribution in [3.05, 3.63) is 35.6 Å². The highest BCUT2D eigenvalue weighted by Crippen LogP contribution is 2.04. The molecule has 0 saturated carbocycles. The van der Waals surface area contributed by atoms with Gasteiger partial charge in [0.1, 0.15) is 18.0 Å². The van der Waals surface area contributed by atoms with E-state index in [1.165, 1.54) is 31.2 Å². The van der Waals surface area contributed by atoms with Crippen LogP contribution in [0.2, 0.25) is 0 Å². The SMILES string of the molecule is C[C@H](O)C(=O)N[C@@H](CCC(=O)C=N)C(=O)NCc1ccc(F)cc1. The highest BCUT2D eigenvalue weighted by Gasteiger charge is 2.23. The van der Waals surface area contributed by atoms with Crippen LogP contribution in [0, 0.1) is 11.2 Å². The van der Waals surface area contributed by atoms with Crippen LogP contribution in [0.4, 0.5) is 4.39 Å². The van der Waals surface area contributed by atoms with Crippen LogP contribution in [-0.2, 0) is 20.9 Å². The van der Waals surface area contributed by atoms with Crippen molar-refractivity contribution in [3.63, 3.8) is 0 Å². The number of carbonyl (C=O) groups excluding carboxylic acids is 3. The first-order valence-electron chi connectivity index (χ1n) is 7.37. The van der Waals surface area contributed by atoms with Crippen molar-refractivity contribution in [3.8, 4) is 0 Å². The summed E-state index contributed by atoms with van der Waals surface area (Å²) >= 11 is 0. The van der Waals surface area contributed by atoms with E-state index in [-0.39, 0.29) is 19.4 Å². The van der Waals surface area contributed by atoms with E-state index in [0.717, 1.165) is 0 Å². The summed E-state index contributed by atoms with van der Waals surface area (Å²) in [6.45, 7) is 1.38. The smallest absolute Gasteiger partial charge is 0.249 e. The van der Waals surface area contributed by atoms with Gasteiger partial charge in [-0.05, 0) is 31.0 Å². The van der Waals surface area contributed by atoms with Gasteiger partial charge in [-0.1, -0.05) is 12.1 Å². The van der Waals surface area contributed by atoms with Gasteiger partial charge < -0.3 is 21.1 Å². The van der Waals surface area contributed by atoms with E-state index in [1.807, 2.05) is 0 Å². The van der Waals surface area contributed by atoms with Crippen molar-refractivity contribution in [1.29, 1.82) is 5.41 Å². The van der Waals surface area contributed by atoms with E-state index in [2.05, 4.69) is 10.6 Å². The highest BCUT2D eigenvalue weighted by molar-refractivity contribution is 6.26. The lowest BCUT2D eigenvalue weighted by Crippen LogP contribution is -2.49. The number of rotatable bonds is 9. The van der Waals surface area contributed by atoms with E-state index < -0.39 is 35.6 Å². The summed E-state index contributed by atoms with van der Waals surface area (Å²) < 4.78 is 12.8. The zero-order valence-electron chi connectivity index (χ0n) is 13.2. The van der Waals surface area contributed by atoms with Crippen LogP contribution in [0.1, 0.15) is 25.3 Å². The maximum atomic E-state index is 12.8. The van der Waals surface area contributed by atoms with E-state index in [0.29, 0.717) is 11.8 Å². The fraction of sp³-hybridized carbons (Fsp3) is 0.375. The molecule has 0 saturated heterocycles. The first-order valence-corrected chi connectivity index (χ1v) is 7.37. The average molecular weight is 337 g/mol. The number of halogens is 1. The van der Waals surface area contributed by atoms with Crippen LogP contribution in [0.3, 0.4) is 0 Å². The van der Waals surface area contributed by atoms with Gasteiger partial charge in [-0.15, -0.1) is 0 Å². The molecule has 0 aliphatic carbocycles. The van der Waals surface area contributed by atoms with Crippen molar-refractivity contribution in [2.24, 2.45) is 0 Å². The van der Waals surface area contributed by atoms with E-state index in [4.69, 9.17) is 5.41 Å². The maximum absolute atomic E-state index is 12.8. The van der Waals surface area contributed by atoms with Gasteiger partial charge in [0.25, 0.3) is 0 Å². The first-order chi connectivity index (χ1) is 11.3. The number of carbonyl (C=O) groups is 3. The predicted molar refractivity (Wildman–Crippen MR) is 84.9 cm³/mol. The number of Topliss-reactive ketones (excluding diaryl/α,β-unsaturated/α-hetero) is 1. The second-order valence-corrected chi connectivity index (χ2v) is 5.23. The molecule has 0 heterocycles. The third-order valence-electron chi connectivity index (χ3n) is 3.23. The van der Waals surface area contributed by atoms with Gasteiger partial charge in [-0.25, -0.2) is 4.39 Å². The summed E-state index contributed by atoms with van der Waals surface area (Å²) in [7, 11) is 0. The van der Waals surface area contributed by atoms with Crippen molar-refractivity contribution in [1.82, 2.24) is 10.6 Å². The van der Waals surface area contributed by atoms with Crippen molar-refractivity contribution < 1.29 is 23.9 Å². The van der Waals surface area contributed by atoms with Crippen LogP contribution < -0.4 is 10.6 Å². The third-order valence-corrected chi connectivity index (χ3v) is 3.23. The molecule has 0 aliphatic rings. The molecule has 2 amide bonds. The molecule has 0 radical (unpaired) electrons. The molecule has 0 aliphatic heterocycles. The molecule has 0 spiro atoms. The second kappa shape index (κ2) is 9.51. The molecule has 1 rings (SSSR count). The normalized spacial score (nSPS) is 12.8. The van der Waals surface area contributed by atoms with Crippen LogP contribution in [0.25, 0.3) is 0 Å². The molecule has 1 aromatic rings. The molecule has 0 aromatic heterocycles. The number of hydrogen-bond donors (Lipinski definition) is 4. The molecule has 7 nitrogen and oxygen atoms in total. The van der Waals surface area contributed by atoms with Crippen LogP contribution >= 0.6 is 0 Å². The topological polar surface area (TPSA) is 119 Å². The summed E-state index contributed by atoms with van der Waals surface area (Å²) in [6.07, 6.45) is -0.736. The van der Waals surface area contributed by atoms with Gasteiger partial charge in [0.15, 0.2) is 5.78 Å². The monoisotopic (exact) mass is 337 g/mol. The minimum Gasteiger partial charge on any atom is -0.384 e. The van der Waals surface area contributed by atoms with Gasteiger partial charge in [-0.3, -0.25) is 14.4 Å². The fourth-order valence-corrected chi connectivity index (χ4v) is 1.83. The lowest BCUT2D eigenvalue weighted by atomic mass is 10.1. The van der Waals surface area contributed by atoms with E-state index >= 15 is 0 Å². The largest absolute Gasteiger partial charge is 0.384 e. The van der Waals surface area contributed by atoms with Gasteiger partial charge >= 0.3 is 0 Å². The molecule has 0 bridgehead atoms. The number of benzene rings is 1. The lowest BCUT2D eigenvalue weighted by Gasteiger charge is -2.19. The summed E-state index contributed by atoms with van der Waals surface area (Å²) in [5.74, 6) is -2.14. The molecule has 1 aromatic carbocycles. The second-order valence-electron chi connectivity index (χ2n) is 5.23. The number of hydrogen-bond acceptors (Lipinski definition) is 5. The molecular formula is C16H20FN3O4. The molecule has 2 atom stereocenters. The molecule has 130 valence electrons. The van der Waals surface area contributed by atoms with Gasteiger partial charge in [0.05, 0.1) is 6.21 Å². The Morgan fingerprint density at radius 2 is 1.88 bits per heavy atom. The predicted octanol–water partition coefficient (Wildman–Crippen LogP) is 0.306. The Morgan fingerprint density at radius 1 is 1.25 bits per heavy atom. The Bertz CT molecular complexity index is 602. The number of amides is 2. The molecule has 24 heavy (non-hydrogen) atoms. The third kappa shape index (κ3) is 6.66. The van der Waals surface area contributed by atoms with E-state index in [9.17, 15) is 23.9 Å². The van der Waals surface area contributed by atoms with Crippen LogP contribution in [0.5, 0.6) is 0 Å². The van der Waals surface area contributed by atoms with Crippen molar-refractivity contribution in [2.45, 2.75) is 38.5 Å². The summed E-state index contributed by atoms with van der Waals surface area (Å²) in [5, 5.41) is 21.0. The quantitative estimate of drug-likeness (QED) is 0.485. The molecule has 0 unspecified atom stereocenters. The lowest BCUT2D eigenvalue weighted by molar-refractivity contribution is -0.133. The summed E-state index contributed by atoms with van der Waals surface area (Å²) in [5.41, 5.74) is 0.668. The van der Waals surface area contributed by atoms with Gasteiger partial charge in [-0.2, -0.15) is 0 Å². The van der Waals surface area contributed by atoms with Gasteiger partial charge in [0, 0.05) is 13.0 Å². The number of aliphatic hydroxyl groups is 1. The Morgan fingerprint density at radius 3 is 2.42 bits per heavy atom. The van der Waals surface area contributed by atoms with Crippen LogP contribution in [-0.4, -0.2) is 41.1 Å². The Labute approximate surface area is 138 Å². The Kier molecular flexibility index (Phi) is 7.70. The first kappa shape index (κ1) is 19.4. The van der Waals surface area contributed by atoms with Crippen molar-refractivity contribution in [2.75, 3.05) is 0 Å². The highest BCUT2D eigenvalue weighted by atomic mass is 19.1. The Balaban J connectivity index is 2.66. The minimum atomic E-state index is -1.30. The zero-order valence-corrected chi connectivity index (χ0v) is 13.2. The van der Waals surface area contributed by atoms with Crippen molar-refractivity contribution >= 4 is 23.8 Å². The standard InChI is InChI=1S/C16H20FN3O4/c1-10(21)15(23)20-14(7-6-13(22)8-18)16(24)19-9-11-2-4-12(17)5-3-11/h2-5,8,10,14,18,21H,6-7,9H2,1H3,(H,19,24)(H,20,23)/t10-,14-/m0/s1. The fourth-order valence-electron chi connectivity index (χ4n) is 1.83.